The molecule has 0 unspecified atom stereocenters. The summed E-state index contributed by atoms with van der Waals surface area (Å²) in [7, 11) is 0. The molecule has 1 saturated heterocycles. The number of anilines is 1. The number of rotatable bonds is 3. The molecule has 1 aliphatic rings. The molecule has 3 N–H and O–H groups in total. The monoisotopic (exact) mass is 281 g/mol. The predicted molar refractivity (Wildman–Crippen MR) is 75.2 cm³/mol. The van der Waals surface area contributed by atoms with E-state index >= 15 is 0 Å². The molecule has 0 saturated carbocycles. The number of halogens is 1. The maximum Gasteiger partial charge on any atom is 0.138 e. The van der Waals surface area contributed by atoms with Crippen LogP contribution < -0.4 is 10.5 Å². The van der Waals surface area contributed by atoms with E-state index < -0.39 is 0 Å². The van der Waals surface area contributed by atoms with Gasteiger partial charge in [0.2, 0.25) is 0 Å². The molecule has 0 aliphatic carbocycles. The van der Waals surface area contributed by atoms with Gasteiger partial charge in [0.05, 0.1) is 11.2 Å². The highest BCUT2D eigenvalue weighted by Crippen LogP contribution is 2.34. The Balaban J connectivity index is 1.86. The lowest BCUT2D eigenvalue weighted by Gasteiger charge is -2.26. The van der Waals surface area contributed by atoms with Crippen LogP contribution in [0.5, 0.6) is 5.75 Å². The van der Waals surface area contributed by atoms with Crippen LogP contribution in [0.4, 0.5) is 5.82 Å². The molecule has 1 aromatic carbocycles. The van der Waals surface area contributed by atoms with Gasteiger partial charge >= 0.3 is 0 Å². The van der Waals surface area contributed by atoms with Crippen LogP contribution in [0.2, 0.25) is 5.02 Å². The summed E-state index contributed by atoms with van der Waals surface area (Å²) in [6, 6.07) is 5.67. The van der Waals surface area contributed by atoms with Crippen molar-refractivity contribution < 1.29 is 4.74 Å². The van der Waals surface area contributed by atoms with E-state index in [2.05, 4.69) is 10.2 Å². The van der Waals surface area contributed by atoms with Crippen LogP contribution in [-0.4, -0.2) is 27.8 Å². The summed E-state index contributed by atoms with van der Waals surface area (Å²) in [6.45, 7) is 0. The Bertz CT molecular complexity index is 568. The van der Waals surface area contributed by atoms with Crippen LogP contribution in [0.1, 0.15) is 0 Å². The minimum atomic E-state index is 0.289. The second kappa shape index (κ2) is 4.74. The first kappa shape index (κ1) is 11.7. The summed E-state index contributed by atoms with van der Waals surface area (Å²) >= 11 is 8.10. The maximum absolute atomic E-state index is 6.22. The number of H-pyrrole nitrogens is 1. The van der Waals surface area contributed by atoms with Crippen LogP contribution in [-0.2, 0) is 0 Å². The smallest absolute Gasteiger partial charge is 0.138 e. The van der Waals surface area contributed by atoms with Crippen molar-refractivity contribution in [1.29, 1.82) is 0 Å². The molecule has 1 aliphatic heterocycles. The van der Waals surface area contributed by atoms with Crippen molar-refractivity contribution in [2.75, 3.05) is 17.2 Å². The summed E-state index contributed by atoms with van der Waals surface area (Å²) in [4.78, 5) is 0. The van der Waals surface area contributed by atoms with Crippen molar-refractivity contribution in [3.05, 3.63) is 29.4 Å². The highest BCUT2D eigenvalue weighted by Gasteiger charge is 2.21. The van der Waals surface area contributed by atoms with E-state index in [0.29, 0.717) is 10.8 Å². The van der Waals surface area contributed by atoms with Gasteiger partial charge in [0, 0.05) is 17.1 Å². The number of hydrogen-bond donors (Lipinski definition) is 2. The summed E-state index contributed by atoms with van der Waals surface area (Å²) in [6.07, 6.45) is 1.97. The highest BCUT2D eigenvalue weighted by atomic mass is 35.5. The number of nitrogens with one attached hydrogen (secondary N) is 1. The number of thioether (sulfide) groups is 1. The quantitative estimate of drug-likeness (QED) is 0.908. The van der Waals surface area contributed by atoms with E-state index in [0.717, 1.165) is 28.4 Å². The Morgan fingerprint density at radius 3 is 2.83 bits per heavy atom. The van der Waals surface area contributed by atoms with Crippen LogP contribution in [0.25, 0.3) is 11.1 Å². The average molecular weight is 282 g/mol. The Kier molecular flexibility index (Phi) is 3.09. The lowest BCUT2D eigenvalue weighted by atomic mass is 10.1. The number of aromatic amines is 1. The zero-order valence-electron chi connectivity index (χ0n) is 9.52. The van der Waals surface area contributed by atoms with Gasteiger partial charge in [-0.25, -0.2) is 0 Å². The summed E-state index contributed by atoms with van der Waals surface area (Å²) in [5.74, 6) is 3.34. The zero-order chi connectivity index (χ0) is 12.5. The topological polar surface area (TPSA) is 63.9 Å². The van der Waals surface area contributed by atoms with E-state index in [1.54, 1.807) is 6.20 Å². The molecule has 2 heterocycles. The third-order valence-electron chi connectivity index (χ3n) is 2.81. The van der Waals surface area contributed by atoms with Gasteiger partial charge in [-0.15, -0.1) is 0 Å². The van der Waals surface area contributed by atoms with Gasteiger partial charge in [-0.3, -0.25) is 5.10 Å². The molecule has 4 nitrogen and oxygen atoms in total. The first-order valence-corrected chi connectivity index (χ1v) is 7.10. The molecule has 3 rings (SSSR count). The lowest BCUT2D eigenvalue weighted by molar-refractivity contribution is 0.240. The van der Waals surface area contributed by atoms with Crippen LogP contribution >= 0.6 is 23.4 Å². The first-order valence-electron chi connectivity index (χ1n) is 5.57. The number of benzene rings is 1. The van der Waals surface area contributed by atoms with E-state index in [4.69, 9.17) is 22.1 Å². The molecular formula is C12H12ClN3OS. The fourth-order valence-corrected chi connectivity index (χ4v) is 2.54. The summed E-state index contributed by atoms with van der Waals surface area (Å²) in [5.41, 5.74) is 7.56. The van der Waals surface area contributed by atoms with E-state index in [-0.39, 0.29) is 6.10 Å². The van der Waals surface area contributed by atoms with Gasteiger partial charge in [0.15, 0.2) is 0 Å². The molecule has 1 aromatic heterocycles. The zero-order valence-corrected chi connectivity index (χ0v) is 11.1. The fourth-order valence-electron chi connectivity index (χ4n) is 1.75. The number of hydrogen-bond acceptors (Lipinski definition) is 4. The predicted octanol–water partition coefficient (Wildman–Crippen LogP) is 2.81. The largest absolute Gasteiger partial charge is 0.487 e. The van der Waals surface area contributed by atoms with Crippen LogP contribution in [0, 0.1) is 0 Å². The van der Waals surface area contributed by atoms with Gasteiger partial charge in [0.1, 0.15) is 17.7 Å². The number of aromatic nitrogens is 2. The Hall–Kier alpha value is -1.33. The molecule has 18 heavy (non-hydrogen) atoms. The first-order chi connectivity index (χ1) is 8.74. The lowest BCUT2D eigenvalue weighted by Crippen LogP contribution is -2.31. The standard InChI is InChI=1S/C12H12ClN3OS/c13-10-3-7(9-4-15-16-12(9)14)1-2-11(10)17-8-5-18-6-8/h1-4,8H,5-6H2,(H3,14,15,16). The Labute approximate surface area is 114 Å². The van der Waals surface area contributed by atoms with Crippen molar-refractivity contribution in [2.24, 2.45) is 0 Å². The minimum Gasteiger partial charge on any atom is -0.487 e. The van der Waals surface area contributed by atoms with Crippen LogP contribution in [0.3, 0.4) is 0 Å². The SMILES string of the molecule is Nc1[nH]ncc1-c1ccc(OC2CSC2)c(Cl)c1. The molecule has 0 spiro atoms. The molecule has 94 valence electrons. The van der Waals surface area contributed by atoms with E-state index in [9.17, 15) is 0 Å². The molecule has 1 fully saturated rings. The van der Waals surface area contributed by atoms with Crippen molar-refractivity contribution in [3.63, 3.8) is 0 Å². The fraction of sp³-hybridized carbons (Fsp3) is 0.250. The number of ether oxygens (including phenoxy) is 1. The molecule has 6 heteroatoms. The third kappa shape index (κ3) is 2.15. The van der Waals surface area contributed by atoms with Gasteiger partial charge in [-0.05, 0) is 17.7 Å². The normalized spacial score (nSPS) is 15.4. The average Bonchev–Trinajstić information content (AvgIpc) is 2.71. The van der Waals surface area contributed by atoms with Gasteiger partial charge in [-0.1, -0.05) is 17.7 Å². The third-order valence-corrected chi connectivity index (χ3v) is 4.32. The second-order valence-corrected chi connectivity index (χ2v) is 5.60. The minimum absolute atomic E-state index is 0.289. The molecule has 0 radical (unpaired) electrons. The molecule has 0 bridgehead atoms. The number of nitrogens with zero attached hydrogens (tertiary/aromatic N) is 1. The van der Waals surface area contributed by atoms with Gasteiger partial charge in [-0.2, -0.15) is 16.9 Å². The van der Waals surface area contributed by atoms with Crippen molar-refractivity contribution in [2.45, 2.75) is 6.10 Å². The molecule has 2 aromatic rings. The molecule has 0 amide bonds. The Morgan fingerprint density at radius 1 is 1.44 bits per heavy atom. The summed E-state index contributed by atoms with van der Waals surface area (Å²) in [5, 5.41) is 7.20. The number of nitrogens with two attached hydrogens (primary N) is 1. The molecular weight excluding hydrogens is 270 g/mol. The van der Waals surface area contributed by atoms with Crippen molar-refractivity contribution in [1.82, 2.24) is 10.2 Å². The van der Waals surface area contributed by atoms with Crippen molar-refractivity contribution >= 4 is 29.2 Å². The van der Waals surface area contributed by atoms with E-state index in [1.807, 2.05) is 30.0 Å². The van der Waals surface area contributed by atoms with Gasteiger partial charge < -0.3 is 10.5 Å². The van der Waals surface area contributed by atoms with Gasteiger partial charge in [0.25, 0.3) is 0 Å². The summed E-state index contributed by atoms with van der Waals surface area (Å²) < 4.78 is 5.78. The van der Waals surface area contributed by atoms with E-state index in [1.165, 1.54) is 0 Å². The maximum atomic E-state index is 6.22. The van der Waals surface area contributed by atoms with Crippen molar-refractivity contribution in [3.8, 4) is 16.9 Å². The Morgan fingerprint density at radius 2 is 2.28 bits per heavy atom. The molecule has 0 atom stereocenters. The van der Waals surface area contributed by atoms with Crippen LogP contribution in [0.15, 0.2) is 24.4 Å². The number of nitrogen functional groups attached to an aromatic ring is 1. The highest BCUT2D eigenvalue weighted by molar-refractivity contribution is 8.00. The second-order valence-electron chi connectivity index (χ2n) is 4.12.